The van der Waals surface area contributed by atoms with E-state index in [0.29, 0.717) is 58.8 Å². The maximum absolute atomic E-state index is 13.9. The number of carbonyl (C=O) groups is 1. The fourth-order valence-electron chi connectivity index (χ4n) is 7.76. The predicted octanol–water partition coefficient (Wildman–Crippen LogP) is 3.19. The monoisotopic (exact) mass is 650 g/mol. The molecule has 4 aromatic heterocycles. The van der Waals surface area contributed by atoms with E-state index in [1.54, 1.807) is 30.4 Å². The molecule has 12 heteroatoms. The Labute approximate surface area is 279 Å². The average Bonchev–Trinajstić information content (AvgIpc) is 3.54. The van der Waals surface area contributed by atoms with Crippen LogP contribution < -0.4 is 20.7 Å². The van der Waals surface area contributed by atoms with Gasteiger partial charge in [-0.2, -0.15) is 0 Å². The van der Waals surface area contributed by atoms with Crippen molar-refractivity contribution in [2.24, 2.45) is 12.5 Å². The Morgan fingerprint density at radius 2 is 1.83 bits per heavy atom. The minimum absolute atomic E-state index is 0.111. The van der Waals surface area contributed by atoms with Crippen LogP contribution >= 0.6 is 0 Å². The SMILES string of the molecule is Cn1cc(-c2ccnc(N3CCn4c(cc5c4CC(C)(C)C5)C3=O)c2CO)cc(Nc2cccc(N3CCN(C4COC4)CC3)n2)c1=O. The Kier molecular flexibility index (Phi) is 7.61. The van der Waals surface area contributed by atoms with Crippen LogP contribution in [-0.2, 0) is 37.8 Å². The summed E-state index contributed by atoms with van der Waals surface area (Å²) >= 11 is 0. The van der Waals surface area contributed by atoms with Crippen LogP contribution in [0.1, 0.15) is 41.2 Å². The summed E-state index contributed by atoms with van der Waals surface area (Å²) in [6.07, 6.45) is 5.33. The quantitative estimate of drug-likeness (QED) is 0.311. The highest BCUT2D eigenvalue weighted by Crippen LogP contribution is 2.40. The van der Waals surface area contributed by atoms with E-state index in [-0.39, 0.29) is 23.5 Å². The molecule has 1 aliphatic carbocycles. The van der Waals surface area contributed by atoms with Crippen molar-refractivity contribution in [2.75, 3.05) is 61.1 Å². The van der Waals surface area contributed by atoms with Gasteiger partial charge >= 0.3 is 0 Å². The molecular weight excluding hydrogens is 608 g/mol. The molecule has 48 heavy (non-hydrogen) atoms. The summed E-state index contributed by atoms with van der Waals surface area (Å²) in [7, 11) is 1.71. The van der Waals surface area contributed by atoms with Crippen LogP contribution in [0.5, 0.6) is 0 Å². The highest BCUT2D eigenvalue weighted by Gasteiger charge is 2.37. The average molecular weight is 651 g/mol. The Balaban J connectivity index is 1.06. The van der Waals surface area contributed by atoms with Crippen molar-refractivity contribution in [1.29, 1.82) is 0 Å². The van der Waals surface area contributed by atoms with Crippen LogP contribution in [0.2, 0.25) is 0 Å². The molecule has 2 fully saturated rings. The maximum atomic E-state index is 13.9. The van der Waals surface area contributed by atoms with Crippen molar-refractivity contribution >= 4 is 29.0 Å². The molecule has 0 spiro atoms. The topological polar surface area (TPSA) is 121 Å². The Bertz CT molecular complexity index is 1950. The number of piperazine rings is 1. The molecule has 0 radical (unpaired) electrons. The number of aliphatic hydroxyl groups is 1. The number of carbonyl (C=O) groups excluding carboxylic acids is 1. The van der Waals surface area contributed by atoms with Gasteiger partial charge in [0.15, 0.2) is 0 Å². The van der Waals surface area contributed by atoms with Crippen LogP contribution in [0, 0.1) is 5.41 Å². The predicted molar refractivity (Wildman–Crippen MR) is 184 cm³/mol. The van der Waals surface area contributed by atoms with E-state index in [9.17, 15) is 14.7 Å². The third-order valence-electron chi connectivity index (χ3n) is 10.3. The largest absolute Gasteiger partial charge is 0.392 e. The zero-order valence-electron chi connectivity index (χ0n) is 27.8. The van der Waals surface area contributed by atoms with Gasteiger partial charge in [0.2, 0.25) is 0 Å². The van der Waals surface area contributed by atoms with Crippen molar-refractivity contribution < 1.29 is 14.6 Å². The van der Waals surface area contributed by atoms with Crippen molar-refractivity contribution in [2.45, 2.75) is 45.9 Å². The van der Waals surface area contributed by atoms with E-state index in [0.717, 1.165) is 58.1 Å². The third kappa shape index (κ3) is 5.37. The summed E-state index contributed by atoms with van der Waals surface area (Å²) in [6.45, 7) is 10.7. The first-order valence-electron chi connectivity index (χ1n) is 16.8. The van der Waals surface area contributed by atoms with Gasteiger partial charge < -0.3 is 29.2 Å². The summed E-state index contributed by atoms with van der Waals surface area (Å²) in [5.41, 5.74) is 5.51. The summed E-state index contributed by atoms with van der Waals surface area (Å²) in [5, 5.41) is 13.9. The first kappa shape index (κ1) is 30.8. The number of pyridine rings is 3. The standard InChI is InChI=1S/C36H42N8O4/c1-36(2)17-23-16-29-35(47)44(14-13-43(29)30(23)18-36)33-27(20-45)26(7-8-37-33)24-15-28(34(46)40(3)19-24)38-31-5-4-6-32(39-31)42-11-9-41(10-12-42)25-21-48-22-25/h4-8,15-16,19,25,45H,9-14,17-18,20-22H2,1-3H3,(H,38,39). The highest BCUT2D eigenvalue weighted by atomic mass is 16.5. The molecule has 0 atom stereocenters. The van der Waals surface area contributed by atoms with E-state index in [4.69, 9.17) is 9.72 Å². The third-order valence-corrected chi connectivity index (χ3v) is 10.3. The number of aliphatic hydroxyl groups excluding tert-OH is 1. The van der Waals surface area contributed by atoms with Gasteiger partial charge in [0.25, 0.3) is 11.5 Å². The first-order valence-corrected chi connectivity index (χ1v) is 16.8. The highest BCUT2D eigenvalue weighted by molar-refractivity contribution is 6.06. The lowest BCUT2D eigenvalue weighted by molar-refractivity contribution is -0.0660. The minimum Gasteiger partial charge on any atom is -0.392 e. The molecule has 0 unspecified atom stereocenters. The van der Waals surface area contributed by atoms with E-state index in [2.05, 4.69) is 38.5 Å². The van der Waals surface area contributed by atoms with Crippen LogP contribution in [0.15, 0.2) is 53.6 Å². The summed E-state index contributed by atoms with van der Waals surface area (Å²) in [4.78, 5) is 43.1. The fraction of sp³-hybridized carbons (Fsp3) is 0.444. The molecule has 2 saturated heterocycles. The Hall–Kier alpha value is -4.52. The van der Waals surface area contributed by atoms with Gasteiger partial charge in [0.1, 0.15) is 28.8 Å². The lowest BCUT2D eigenvalue weighted by atomic mass is 9.90. The van der Waals surface area contributed by atoms with Crippen LogP contribution in [0.25, 0.3) is 11.1 Å². The zero-order valence-corrected chi connectivity index (χ0v) is 27.8. The fourth-order valence-corrected chi connectivity index (χ4v) is 7.76. The minimum atomic E-state index is -0.315. The van der Waals surface area contributed by atoms with E-state index >= 15 is 0 Å². The molecule has 4 aliphatic rings. The van der Waals surface area contributed by atoms with Gasteiger partial charge in [0, 0.05) is 75.5 Å². The Morgan fingerprint density at radius 3 is 2.58 bits per heavy atom. The smallest absolute Gasteiger partial charge is 0.276 e. The number of aryl methyl sites for hydroxylation is 1. The number of anilines is 4. The number of hydrogen-bond donors (Lipinski definition) is 2. The van der Waals surface area contributed by atoms with Gasteiger partial charge in [-0.15, -0.1) is 0 Å². The van der Waals surface area contributed by atoms with Crippen LogP contribution in [0.3, 0.4) is 0 Å². The van der Waals surface area contributed by atoms with Crippen molar-refractivity contribution in [1.82, 2.24) is 24.0 Å². The van der Waals surface area contributed by atoms with Gasteiger partial charge in [-0.1, -0.05) is 19.9 Å². The molecule has 12 nitrogen and oxygen atoms in total. The van der Waals surface area contributed by atoms with Gasteiger partial charge in [-0.05, 0) is 59.7 Å². The van der Waals surface area contributed by atoms with Crippen molar-refractivity contribution in [3.05, 3.63) is 81.7 Å². The van der Waals surface area contributed by atoms with Gasteiger partial charge in [0.05, 0.1) is 25.9 Å². The molecule has 0 saturated carbocycles. The molecule has 0 bridgehead atoms. The number of hydrogen-bond acceptors (Lipinski definition) is 9. The second-order valence-electron chi connectivity index (χ2n) is 14.2. The molecular formula is C36H42N8O4. The number of rotatable bonds is 7. The first-order chi connectivity index (χ1) is 23.2. The molecule has 0 aromatic carbocycles. The van der Waals surface area contributed by atoms with E-state index in [1.165, 1.54) is 15.8 Å². The number of fused-ring (bicyclic) bond motifs is 3. The second kappa shape index (κ2) is 11.9. The molecule has 2 N–H and O–H groups in total. The zero-order chi connectivity index (χ0) is 33.2. The lowest BCUT2D eigenvalue weighted by Gasteiger charge is -2.42. The van der Waals surface area contributed by atoms with Gasteiger partial charge in [-0.25, -0.2) is 9.97 Å². The molecule has 250 valence electrons. The van der Waals surface area contributed by atoms with Gasteiger partial charge in [-0.3, -0.25) is 19.4 Å². The number of nitrogens with zero attached hydrogens (tertiary/aromatic N) is 7. The number of amides is 1. The summed E-state index contributed by atoms with van der Waals surface area (Å²) < 4.78 is 9.06. The molecule has 8 rings (SSSR count). The molecule has 4 aromatic rings. The number of ether oxygens (including phenoxy) is 1. The summed E-state index contributed by atoms with van der Waals surface area (Å²) in [6, 6.07) is 12.0. The second-order valence-corrected chi connectivity index (χ2v) is 14.2. The normalized spacial score (nSPS) is 19.3. The number of aromatic nitrogens is 4. The molecule has 3 aliphatic heterocycles. The number of nitrogens with one attached hydrogen (secondary N) is 1. The van der Waals surface area contributed by atoms with Crippen LogP contribution in [-0.4, -0.2) is 87.0 Å². The van der Waals surface area contributed by atoms with Crippen molar-refractivity contribution in [3.8, 4) is 11.1 Å². The molecule has 7 heterocycles. The summed E-state index contributed by atoms with van der Waals surface area (Å²) in [5.74, 6) is 1.77. The lowest BCUT2D eigenvalue weighted by Crippen LogP contribution is -2.56. The molecule has 1 amide bonds. The Morgan fingerprint density at radius 1 is 1.02 bits per heavy atom. The van der Waals surface area contributed by atoms with E-state index < -0.39 is 0 Å². The maximum Gasteiger partial charge on any atom is 0.276 e. The van der Waals surface area contributed by atoms with Crippen molar-refractivity contribution in [3.63, 3.8) is 0 Å². The van der Waals surface area contributed by atoms with E-state index in [1.807, 2.05) is 30.3 Å². The van der Waals surface area contributed by atoms with Crippen LogP contribution in [0.4, 0.5) is 23.1 Å².